The first-order valence-corrected chi connectivity index (χ1v) is 5.30. The normalized spacial score (nSPS) is 22.7. The lowest BCUT2D eigenvalue weighted by Gasteiger charge is -2.19. The average Bonchev–Trinajstić information content (AvgIpc) is 2.29. The SMILES string of the molecule is C(=C\C1CCCCO1)/c1ccccc1. The van der Waals surface area contributed by atoms with Crippen molar-refractivity contribution in [2.24, 2.45) is 0 Å². The largest absolute Gasteiger partial charge is 0.374 e. The maximum Gasteiger partial charge on any atom is 0.0759 e. The van der Waals surface area contributed by atoms with E-state index in [1.165, 1.54) is 24.8 Å². The van der Waals surface area contributed by atoms with Gasteiger partial charge >= 0.3 is 0 Å². The number of benzene rings is 1. The summed E-state index contributed by atoms with van der Waals surface area (Å²) in [5.41, 5.74) is 1.25. The summed E-state index contributed by atoms with van der Waals surface area (Å²) in [6.07, 6.45) is 8.34. The maximum absolute atomic E-state index is 5.61. The molecule has 1 heterocycles. The van der Waals surface area contributed by atoms with Crippen molar-refractivity contribution in [1.82, 2.24) is 0 Å². The lowest BCUT2D eigenvalue weighted by molar-refractivity contribution is 0.0471. The molecule has 0 saturated carbocycles. The zero-order valence-corrected chi connectivity index (χ0v) is 8.36. The van der Waals surface area contributed by atoms with E-state index in [2.05, 4.69) is 36.4 Å². The van der Waals surface area contributed by atoms with Gasteiger partial charge < -0.3 is 4.74 Å². The van der Waals surface area contributed by atoms with Gasteiger partial charge in [0.15, 0.2) is 0 Å². The molecule has 0 amide bonds. The van der Waals surface area contributed by atoms with Gasteiger partial charge in [0.05, 0.1) is 6.10 Å². The molecule has 14 heavy (non-hydrogen) atoms. The molecule has 1 saturated heterocycles. The van der Waals surface area contributed by atoms with Gasteiger partial charge in [0.1, 0.15) is 0 Å². The number of rotatable bonds is 2. The zero-order chi connectivity index (χ0) is 9.64. The third-order valence-corrected chi connectivity index (χ3v) is 2.52. The van der Waals surface area contributed by atoms with Crippen LogP contribution in [0.3, 0.4) is 0 Å². The van der Waals surface area contributed by atoms with E-state index in [-0.39, 0.29) is 0 Å². The van der Waals surface area contributed by atoms with Crippen LogP contribution >= 0.6 is 0 Å². The van der Waals surface area contributed by atoms with Crippen molar-refractivity contribution < 1.29 is 4.74 Å². The molecule has 1 fully saturated rings. The van der Waals surface area contributed by atoms with Crippen LogP contribution in [-0.2, 0) is 4.74 Å². The predicted octanol–water partition coefficient (Wildman–Crippen LogP) is 3.27. The van der Waals surface area contributed by atoms with E-state index in [1.807, 2.05) is 6.07 Å². The second kappa shape index (κ2) is 4.97. The van der Waals surface area contributed by atoms with Crippen LogP contribution in [0.1, 0.15) is 24.8 Å². The Morgan fingerprint density at radius 2 is 2.00 bits per heavy atom. The summed E-state index contributed by atoms with van der Waals surface area (Å²) in [6, 6.07) is 10.4. The van der Waals surface area contributed by atoms with Crippen molar-refractivity contribution in [2.75, 3.05) is 6.61 Å². The van der Waals surface area contributed by atoms with Crippen LogP contribution in [0.4, 0.5) is 0 Å². The van der Waals surface area contributed by atoms with E-state index in [0.717, 1.165) is 6.61 Å². The Hall–Kier alpha value is -1.08. The van der Waals surface area contributed by atoms with E-state index in [0.29, 0.717) is 6.10 Å². The molecule has 74 valence electrons. The predicted molar refractivity (Wildman–Crippen MR) is 59.1 cm³/mol. The third kappa shape index (κ3) is 2.71. The van der Waals surface area contributed by atoms with E-state index in [1.54, 1.807) is 0 Å². The first kappa shape index (κ1) is 9.47. The van der Waals surface area contributed by atoms with Crippen molar-refractivity contribution in [3.05, 3.63) is 42.0 Å². The molecule has 0 radical (unpaired) electrons. The quantitative estimate of drug-likeness (QED) is 0.692. The Kier molecular flexibility index (Phi) is 3.36. The van der Waals surface area contributed by atoms with Gasteiger partial charge in [-0.25, -0.2) is 0 Å². The molecule has 0 spiro atoms. The van der Waals surface area contributed by atoms with Gasteiger partial charge in [0.25, 0.3) is 0 Å². The highest BCUT2D eigenvalue weighted by atomic mass is 16.5. The molecule has 1 aliphatic heterocycles. The van der Waals surface area contributed by atoms with Crippen LogP contribution in [0.25, 0.3) is 6.08 Å². The Labute approximate surface area is 85.4 Å². The molecule has 0 aliphatic carbocycles. The minimum Gasteiger partial charge on any atom is -0.374 e. The van der Waals surface area contributed by atoms with Gasteiger partial charge in [-0.1, -0.05) is 42.5 Å². The summed E-state index contributed by atoms with van der Waals surface area (Å²) in [7, 11) is 0. The molecule has 0 aromatic heterocycles. The molecule has 2 rings (SSSR count). The second-order valence-corrected chi connectivity index (χ2v) is 3.67. The number of ether oxygens (including phenoxy) is 1. The molecule has 1 atom stereocenters. The van der Waals surface area contributed by atoms with Crippen LogP contribution < -0.4 is 0 Å². The molecule has 1 aliphatic rings. The first-order valence-electron chi connectivity index (χ1n) is 5.30. The second-order valence-electron chi connectivity index (χ2n) is 3.67. The molecule has 0 bridgehead atoms. The van der Waals surface area contributed by atoms with E-state index >= 15 is 0 Å². The molecule has 0 N–H and O–H groups in total. The highest BCUT2D eigenvalue weighted by molar-refractivity contribution is 5.49. The van der Waals surface area contributed by atoms with Crippen LogP contribution in [0, 0.1) is 0 Å². The monoisotopic (exact) mass is 188 g/mol. The molecular weight excluding hydrogens is 172 g/mol. The van der Waals surface area contributed by atoms with Gasteiger partial charge in [0, 0.05) is 6.61 Å². The molecule has 1 aromatic rings. The van der Waals surface area contributed by atoms with Crippen molar-refractivity contribution in [2.45, 2.75) is 25.4 Å². The van der Waals surface area contributed by atoms with Crippen LogP contribution in [0.15, 0.2) is 36.4 Å². The Bertz CT molecular complexity index is 283. The smallest absolute Gasteiger partial charge is 0.0759 e. The van der Waals surface area contributed by atoms with Crippen LogP contribution in [0.5, 0.6) is 0 Å². The van der Waals surface area contributed by atoms with Crippen molar-refractivity contribution in [3.8, 4) is 0 Å². The van der Waals surface area contributed by atoms with Crippen LogP contribution in [0.2, 0.25) is 0 Å². The fourth-order valence-electron chi connectivity index (χ4n) is 1.70. The standard InChI is InChI=1S/C13H16O/c1-2-6-12(7-3-1)9-10-13-8-4-5-11-14-13/h1-3,6-7,9-10,13H,4-5,8,11H2/b10-9+. The first-order chi connectivity index (χ1) is 6.95. The summed E-state index contributed by atoms with van der Waals surface area (Å²) in [5, 5.41) is 0. The zero-order valence-electron chi connectivity index (χ0n) is 8.36. The van der Waals surface area contributed by atoms with E-state index in [9.17, 15) is 0 Å². The molecule has 1 aromatic carbocycles. The minimum absolute atomic E-state index is 0.337. The van der Waals surface area contributed by atoms with Gasteiger partial charge in [-0.15, -0.1) is 0 Å². The maximum atomic E-state index is 5.61. The summed E-state index contributed by atoms with van der Waals surface area (Å²) in [4.78, 5) is 0. The Morgan fingerprint density at radius 1 is 1.14 bits per heavy atom. The van der Waals surface area contributed by atoms with Crippen molar-refractivity contribution in [3.63, 3.8) is 0 Å². The van der Waals surface area contributed by atoms with E-state index < -0.39 is 0 Å². The number of hydrogen-bond acceptors (Lipinski definition) is 1. The van der Waals surface area contributed by atoms with Gasteiger partial charge in [0.2, 0.25) is 0 Å². The Balaban J connectivity index is 1.93. The van der Waals surface area contributed by atoms with Gasteiger partial charge in [-0.05, 0) is 24.8 Å². The molecule has 1 heteroatoms. The third-order valence-electron chi connectivity index (χ3n) is 2.52. The summed E-state index contributed by atoms with van der Waals surface area (Å²) in [5.74, 6) is 0. The van der Waals surface area contributed by atoms with Crippen molar-refractivity contribution >= 4 is 6.08 Å². The summed E-state index contributed by atoms with van der Waals surface area (Å²) in [6.45, 7) is 0.920. The molecule has 1 unspecified atom stereocenters. The van der Waals surface area contributed by atoms with E-state index in [4.69, 9.17) is 4.74 Å². The summed E-state index contributed by atoms with van der Waals surface area (Å²) >= 11 is 0. The lowest BCUT2D eigenvalue weighted by atomic mass is 10.1. The fraction of sp³-hybridized carbons (Fsp3) is 0.385. The molecular formula is C13H16O. The minimum atomic E-state index is 0.337. The highest BCUT2D eigenvalue weighted by Gasteiger charge is 2.09. The molecule has 1 nitrogen and oxygen atoms in total. The topological polar surface area (TPSA) is 9.23 Å². The van der Waals surface area contributed by atoms with Crippen molar-refractivity contribution in [1.29, 1.82) is 0 Å². The van der Waals surface area contributed by atoms with Crippen LogP contribution in [-0.4, -0.2) is 12.7 Å². The average molecular weight is 188 g/mol. The van der Waals surface area contributed by atoms with Gasteiger partial charge in [-0.2, -0.15) is 0 Å². The fourth-order valence-corrected chi connectivity index (χ4v) is 1.70. The number of hydrogen-bond donors (Lipinski definition) is 0. The van der Waals surface area contributed by atoms with Gasteiger partial charge in [-0.3, -0.25) is 0 Å². The lowest BCUT2D eigenvalue weighted by Crippen LogP contribution is -2.15. The Morgan fingerprint density at radius 3 is 2.71 bits per heavy atom. The highest BCUT2D eigenvalue weighted by Crippen LogP contribution is 2.14. The summed E-state index contributed by atoms with van der Waals surface area (Å²) < 4.78 is 5.61.